The fourth-order valence-corrected chi connectivity index (χ4v) is 4.50. The van der Waals surface area contributed by atoms with Crippen LogP contribution < -0.4 is 0 Å². The molecule has 1 aromatic rings. The molecule has 4 fully saturated rings. The summed E-state index contributed by atoms with van der Waals surface area (Å²) in [6.45, 7) is 6.22. The summed E-state index contributed by atoms with van der Waals surface area (Å²) in [6, 6.07) is 7.42. The molecule has 112 valence electrons. The van der Waals surface area contributed by atoms with Crippen LogP contribution in [-0.4, -0.2) is 65.1 Å². The molecule has 4 aliphatic rings. The van der Waals surface area contributed by atoms with E-state index < -0.39 is 0 Å². The van der Waals surface area contributed by atoms with Gasteiger partial charge in [-0.2, -0.15) is 0 Å². The van der Waals surface area contributed by atoms with E-state index >= 15 is 0 Å². The van der Waals surface area contributed by atoms with E-state index in [2.05, 4.69) is 15.0 Å². The summed E-state index contributed by atoms with van der Waals surface area (Å²) in [6.07, 6.45) is 0.871. The van der Waals surface area contributed by atoms with Gasteiger partial charge in [0.1, 0.15) is 5.75 Å². The predicted molar refractivity (Wildman–Crippen MR) is 79.8 cm³/mol. The number of fused-ring (bicyclic) bond motifs is 1. The molecular formula is C16H21N3O2. The summed E-state index contributed by atoms with van der Waals surface area (Å²) in [5.74, 6) is 0.655. The summed E-state index contributed by atoms with van der Waals surface area (Å²) in [5.41, 5.74) is 2.10. The zero-order valence-corrected chi connectivity index (χ0v) is 12.1. The molecule has 5 rings (SSSR count). The Bertz CT molecular complexity index is 553. The van der Waals surface area contributed by atoms with Crippen molar-refractivity contribution >= 4 is 5.71 Å². The van der Waals surface area contributed by atoms with Gasteiger partial charge in [0.05, 0.1) is 5.71 Å². The number of oxime groups is 1. The Labute approximate surface area is 124 Å². The lowest BCUT2D eigenvalue weighted by Crippen LogP contribution is -2.62. The molecule has 5 nitrogen and oxygen atoms in total. The number of piperidine rings is 2. The summed E-state index contributed by atoms with van der Waals surface area (Å²) < 4.78 is 0. The molecule has 0 saturated carbocycles. The third-order valence-corrected chi connectivity index (χ3v) is 5.26. The normalized spacial score (nSPS) is 39.6. The summed E-state index contributed by atoms with van der Waals surface area (Å²) in [4.78, 5) is 5.04. The number of aromatic hydroxyl groups is 1. The molecule has 2 atom stereocenters. The molecule has 1 aromatic carbocycles. The highest BCUT2D eigenvalue weighted by atomic mass is 16.4. The van der Waals surface area contributed by atoms with Crippen molar-refractivity contribution in [1.29, 1.82) is 0 Å². The van der Waals surface area contributed by atoms with Crippen molar-refractivity contribution < 1.29 is 10.3 Å². The Balaban J connectivity index is 1.71. The third-order valence-electron chi connectivity index (χ3n) is 5.26. The van der Waals surface area contributed by atoms with E-state index in [-0.39, 0.29) is 5.41 Å². The molecule has 2 unspecified atom stereocenters. The molecular weight excluding hydrogens is 266 g/mol. The minimum atomic E-state index is -0.0800. The average Bonchev–Trinajstić information content (AvgIpc) is 2.69. The molecule has 4 heterocycles. The van der Waals surface area contributed by atoms with E-state index in [0.29, 0.717) is 11.7 Å². The fraction of sp³-hybridized carbons (Fsp3) is 0.562. The van der Waals surface area contributed by atoms with Crippen molar-refractivity contribution in [3.05, 3.63) is 29.8 Å². The Morgan fingerprint density at radius 2 is 1.71 bits per heavy atom. The largest absolute Gasteiger partial charge is 0.508 e. The SMILES string of the molecule is O/N=C1/C2CN3CCN(C2)CC1(Cc1ccc(O)cc1)C3. The van der Waals surface area contributed by atoms with Gasteiger partial charge in [-0.05, 0) is 24.1 Å². The second kappa shape index (κ2) is 4.71. The number of rotatable bonds is 2. The first-order valence-electron chi connectivity index (χ1n) is 7.64. The van der Waals surface area contributed by atoms with Crippen molar-refractivity contribution in [2.75, 3.05) is 39.3 Å². The molecule has 4 aliphatic heterocycles. The maximum atomic E-state index is 9.59. The van der Waals surface area contributed by atoms with E-state index in [9.17, 15) is 10.3 Å². The van der Waals surface area contributed by atoms with Crippen molar-refractivity contribution in [1.82, 2.24) is 9.80 Å². The summed E-state index contributed by atoms with van der Waals surface area (Å²) >= 11 is 0. The number of nitrogens with zero attached hydrogens (tertiary/aromatic N) is 3. The number of phenolic OH excluding ortho intramolecular Hbond substituents is 1. The van der Waals surface area contributed by atoms with Gasteiger partial charge in [-0.15, -0.1) is 0 Å². The first-order chi connectivity index (χ1) is 10.2. The van der Waals surface area contributed by atoms with Gasteiger partial charge in [0.15, 0.2) is 0 Å². The number of benzene rings is 1. The molecule has 2 N–H and O–H groups in total. The van der Waals surface area contributed by atoms with Crippen molar-refractivity contribution in [3.63, 3.8) is 0 Å². The Morgan fingerprint density at radius 1 is 1.10 bits per heavy atom. The highest BCUT2D eigenvalue weighted by molar-refractivity contribution is 5.94. The van der Waals surface area contributed by atoms with Crippen LogP contribution in [0.25, 0.3) is 0 Å². The van der Waals surface area contributed by atoms with Crippen LogP contribution in [-0.2, 0) is 6.42 Å². The minimum absolute atomic E-state index is 0.0800. The molecule has 0 amide bonds. The van der Waals surface area contributed by atoms with Crippen molar-refractivity contribution in [2.45, 2.75) is 6.42 Å². The maximum Gasteiger partial charge on any atom is 0.115 e. The first-order valence-corrected chi connectivity index (χ1v) is 7.64. The van der Waals surface area contributed by atoms with E-state index in [1.54, 1.807) is 12.1 Å². The highest BCUT2D eigenvalue weighted by Gasteiger charge is 2.52. The number of hydrogen-bond acceptors (Lipinski definition) is 5. The smallest absolute Gasteiger partial charge is 0.115 e. The Morgan fingerprint density at radius 3 is 2.29 bits per heavy atom. The second-order valence-corrected chi connectivity index (χ2v) is 6.78. The summed E-state index contributed by atoms with van der Waals surface area (Å²) in [7, 11) is 0. The van der Waals surface area contributed by atoms with E-state index in [0.717, 1.165) is 51.4 Å². The topological polar surface area (TPSA) is 59.3 Å². The van der Waals surface area contributed by atoms with E-state index in [1.807, 2.05) is 12.1 Å². The first kappa shape index (κ1) is 13.1. The van der Waals surface area contributed by atoms with Crippen LogP contribution >= 0.6 is 0 Å². The van der Waals surface area contributed by atoms with Crippen LogP contribution in [0.1, 0.15) is 5.56 Å². The molecule has 0 aliphatic carbocycles. The molecule has 0 spiro atoms. The second-order valence-electron chi connectivity index (χ2n) is 6.78. The highest BCUT2D eigenvalue weighted by Crippen LogP contribution is 2.41. The van der Waals surface area contributed by atoms with Gasteiger partial charge in [-0.3, -0.25) is 0 Å². The van der Waals surface area contributed by atoms with Crippen LogP contribution in [0.15, 0.2) is 29.4 Å². The predicted octanol–water partition coefficient (Wildman–Crippen LogP) is 1.01. The van der Waals surface area contributed by atoms with Crippen molar-refractivity contribution in [3.8, 4) is 5.75 Å². The van der Waals surface area contributed by atoms with Gasteiger partial charge in [-0.25, -0.2) is 0 Å². The fourth-order valence-electron chi connectivity index (χ4n) is 4.50. The van der Waals surface area contributed by atoms with Crippen LogP contribution in [0.3, 0.4) is 0 Å². The summed E-state index contributed by atoms with van der Waals surface area (Å²) in [5, 5.41) is 22.8. The van der Waals surface area contributed by atoms with Crippen LogP contribution in [0.2, 0.25) is 0 Å². The van der Waals surface area contributed by atoms with Crippen LogP contribution in [0, 0.1) is 11.3 Å². The standard InChI is InChI=1S/C16H21N3O2/c20-14-3-1-12(2-4-14)7-16-10-18-5-6-19(11-16)9-13(8-18)15(16)17-21/h1-4,13,20-21H,5-11H2/b17-15-. The Hall–Kier alpha value is -1.59. The Kier molecular flexibility index (Phi) is 2.94. The molecule has 0 radical (unpaired) electrons. The van der Waals surface area contributed by atoms with Crippen LogP contribution in [0.5, 0.6) is 5.75 Å². The van der Waals surface area contributed by atoms with E-state index in [1.165, 1.54) is 5.56 Å². The van der Waals surface area contributed by atoms with Crippen LogP contribution in [0.4, 0.5) is 0 Å². The number of hydrogen-bond donors (Lipinski definition) is 2. The lowest BCUT2D eigenvalue weighted by atomic mass is 9.67. The van der Waals surface area contributed by atoms with Gasteiger partial charge in [0.25, 0.3) is 0 Å². The van der Waals surface area contributed by atoms with Gasteiger partial charge in [-0.1, -0.05) is 17.3 Å². The van der Waals surface area contributed by atoms with E-state index in [4.69, 9.17) is 0 Å². The van der Waals surface area contributed by atoms with Gasteiger partial charge in [0, 0.05) is 50.6 Å². The zero-order valence-electron chi connectivity index (χ0n) is 12.1. The molecule has 21 heavy (non-hydrogen) atoms. The molecule has 0 aromatic heterocycles. The molecule has 5 heteroatoms. The van der Waals surface area contributed by atoms with Gasteiger partial charge >= 0.3 is 0 Å². The zero-order chi connectivity index (χ0) is 14.4. The van der Waals surface area contributed by atoms with Gasteiger partial charge < -0.3 is 20.1 Å². The number of phenols is 1. The maximum absolute atomic E-state index is 9.59. The minimum Gasteiger partial charge on any atom is -0.508 e. The van der Waals surface area contributed by atoms with Crippen molar-refractivity contribution in [2.24, 2.45) is 16.5 Å². The lowest BCUT2D eigenvalue weighted by molar-refractivity contribution is 0.110. The monoisotopic (exact) mass is 287 g/mol. The van der Waals surface area contributed by atoms with Gasteiger partial charge in [0.2, 0.25) is 0 Å². The molecule has 4 bridgehead atoms. The lowest BCUT2D eigenvalue weighted by Gasteiger charge is -2.50. The molecule has 4 saturated heterocycles. The quantitative estimate of drug-likeness (QED) is 0.630. The third kappa shape index (κ3) is 2.12. The average molecular weight is 287 g/mol.